The smallest absolute Gasteiger partial charge is 0.387 e. The molecule has 0 radical (unpaired) electrons. The summed E-state index contributed by atoms with van der Waals surface area (Å²) in [5.74, 6) is -0.674. The third kappa shape index (κ3) is 7.40. The second kappa shape index (κ2) is 11.6. The molecule has 154 valence electrons. The average molecular weight is 424 g/mol. The molecule has 1 fully saturated rings. The Hall–Kier alpha value is -1.17. The Balaban J connectivity index is 2.62. The molecule has 0 aromatic heterocycles. The van der Waals surface area contributed by atoms with Crippen molar-refractivity contribution < 1.29 is 37.9 Å². The van der Waals surface area contributed by atoms with Crippen LogP contribution in [-0.4, -0.2) is 65.8 Å². The van der Waals surface area contributed by atoms with Crippen LogP contribution in [0.5, 0.6) is 0 Å². The number of aliphatic hydroxyl groups is 2. The fourth-order valence-electron chi connectivity index (χ4n) is 2.10. The average Bonchev–Trinajstić information content (AvgIpc) is 2.88. The standard InChI is InChI=1S/C15H25N2O8PS/c1-3-22-26(21,23-4-2)24-8-11-12(18)13(19)15(25-11)17-7-5-6-10(9-27)14(16)20/h5-7,9,11-13,15,17-19H,3-4,8H2,1-2H3,(H2,16,20)/b7-5-,10-6+. The summed E-state index contributed by atoms with van der Waals surface area (Å²) in [7, 11) is -3.76. The molecule has 5 N–H and O–H groups in total. The van der Waals surface area contributed by atoms with Gasteiger partial charge in [0, 0.05) is 10.9 Å². The van der Waals surface area contributed by atoms with Crippen LogP contribution in [0.4, 0.5) is 0 Å². The molecule has 1 saturated heterocycles. The van der Waals surface area contributed by atoms with Crippen molar-refractivity contribution in [3.63, 3.8) is 0 Å². The topological polar surface area (TPSA) is 150 Å². The van der Waals surface area contributed by atoms with Gasteiger partial charge >= 0.3 is 7.82 Å². The number of phosphoric ester groups is 1. The van der Waals surface area contributed by atoms with E-state index in [-0.39, 0.29) is 25.4 Å². The Kier molecular flexibility index (Phi) is 10.3. The maximum Gasteiger partial charge on any atom is 0.474 e. The van der Waals surface area contributed by atoms with Gasteiger partial charge in [0.05, 0.1) is 19.8 Å². The van der Waals surface area contributed by atoms with E-state index in [2.05, 4.69) is 17.5 Å². The van der Waals surface area contributed by atoms with Crippen LogP contribution in [0, 0.1) is 0 Å². The van der Waals surface area contributed by atoms with Crippen molar-refractivity contribution in [1.29, 1.82) is 0 Å². The van der Waals surface area contributed by atoms with Gasteiger partial charge in [0.15, 0.2) is 6.23 Å². The molecule has 10 nitrogen and oxygen atoms in total. The van der Waals surface area contributed by atoms with E-state index in [0.717, 1.165) is 5.37 Å². The van der Waals surface area contributed by atoms with E-state index in [0.29, 0.717) is 0 Å². The zero-order chi connectivity index (χ0) is 20.4. The molecule has 0 aliphatic carbocycles. The van der Waals surface area contributed by atoms with E-state index >= 15 is 0 Å². The van der Waals surface area contributed by atoms with Gasteiger partial charge in [-0.05, 0) is 32.2 Å². The SMILES string of the molecule is CCOP(=O)(OCC)OCC1OC(N/C=C\C=C(/C=S)C(N)=O)C(O)C1O. The Bertz CT molecular complexity index is 605. The van der Waals surface area contributed by atoms with Gasteiger partial charge in [0.25, 0.3) is 0 Å². The van der Waals surface area contributed by atoms with Crippen LogP contribution in [0.3, 0.4) is 0 Å². The van der Waals surface area contributed by atoms with Gasteiger partial charge in [-0.25, -0.2) is 4.57 Å². The minimum absolute atomic E-state index is 0.117. The van der Waals surface area contributed by atoms with E-state index in [4.69, 9.17) is 24.0 Å². The molecule has 1 rings (SSSR count). The zero-order valence-electron chi connectivity index (χ0n) is 15.0. The number of allylic oxidation sites excluding steroid dienone is 2. The fraction of sp³-hybridized carbons (Fsp3) is 0.600. The molecule has 27 heavy (non-hydrogen) atoms. The number of thiocarbonyl (C=S) groups is 1. The lowest BCUT2D eigenvalue weighted by Crippen LogP contribution is -2.38. The third-order valence-corrected chi connectivity index (χ3v) is 5.25. The maximum absolute atomic E-state index is 12.2. The van der Waals surface area contributed by atoms with E-state index in [1.54, 1.807) is 13.8 Å². The predicted octanol–water partition coefficient (Wildman–Crippen LogP) is 0.146. The number of hydrogen-bond donors (Lipinski definition) is 4. The quantitative estimate of drug-likeness (QED) is 0.147. The van der Waals surface area contributed by atoms with E-state index in [9.17, 15) is 19.6 Å². The van der Waals surface area contributed by atoms with Gasteiger partial charge in [-0.2, -0.15) is 0 Å². The highest BCUT2D eigenvalue weighted by atomic mass is 32.1. The lowest BCUT2D eigenvalue weighted by molar-refractivity contribution is -0.114. The number of aliphatic hydroxyl groups excluding tert-OH is 2. The van der Waals surface area contributed by atoms with Gasteiger partial charge in [0.1, 0.15) is 18.3 Å². The number of rotatable bonds is 12. The molecule has 1 heterocycles. The summed E-state index contributed by atoms with van der Waals surface area (Å²) in [6.07, 6.45) is -0.276. The number of carbonyl (C=O) groups is 1. The summed E-state index contributed by atoms with van der Waals surface area (Å²) >= 11 is 4.65. The van der Waals surface area contributed by atoms with Gasteiger partial charge < -0.3 is 26.0 Å². The van der Waals surface area contributed by atoms with Crippen molar-refractivity contribution >= 4 is 31.3 Å². The number of nitrogens with one attached hydrogen (secondary N) is 1. The van der Waals surface area contributed by atoms with Crippen molar-refractivity contribution in [3.05, 3.63) is 23.9 Å². The Morgan fingerprint density at radius 2 is 1.89 bits per heavy atom. The molecule has 0 bridgehead atoms. The van der Waals surface area contributed by atoms with Gasteiger partial charge in [-0.15, -0.1) is 0 Å². The molecule has 0 aromatic rings. The number of amides is 1. The molecule has 1 aliphatic rings. The summed E-state index contributed by atoms with van der Waals surface area (Å²) in [5, 5.41) is 23.9. The van der Waals surface area contributed by atoms with Crippen molar-refractivity contribution in [1.82, 2.24) is 5.32 Å². The first-order valence-electron chi connectivity index (χ1n) is 8.21. The first-order valence-corrected chi connectivity index (χ1v) is 10.1. The van der Waals surface area contributed by atoms with E-state index in [1.165, 1.54) is 18.4 Å². The summed E-state index contributed by atoms with van der Waals surface area (Å²) < 4.78 is 32.8. The molecule has 1 amide bonds. The van der Waals surface area contributed by atoms with Crippen LogP contribution in [0.2, 0.25) is 0 Å². The normalized spacial score (nSPS) is 26.4. The monoisotopic (exact) mass is 424 g/mol. The van der Waals surface area contributed by atoms with Crippen molar-refractivity contribution in [2.75, 3.05) is 19.8 Å². The van der Waals surface area contributed by atoms with Crippen LogP contribution in [0.15, 0.2) is 23.9 Å². The fourth-order valence-corrected chi connectivity index (χ4v) is 3.48. The summed E-state index contributed by atoms with van der Waals surface area (Å²) in [6, 6.07) is 0. The third-order valence-electron chi connectivity index (χ3n) is 3.38. The lowest BCUT2D eigenvalue weighted by Gasteiger charge is -2.20. The van der Waals surface area contributed by atoms with E-state index in [1.807, 2.05) is 0 Å². The number of primary amides is 1. The molecule has 0 saturated carbocycles. The van der Waals surface area contributed by atoms with Crippen LogP contribution >= 0.6 is 20.0 Å². The van der Waals surface area contributed by atoms with Crippen LogP contribution in [0.1, 0.15) is 13.8 Å². The summed E-state index contributed by atoms with van der Waals surface area (Å²) in [6.45, 7) is 3.19. The first kappa shape index (κ1) is 23.9. The highest BCUT2D eigenvalue weighted by molar-refractivity contribution is 7.79. The Morgan fingerprint density at radius 3 is 2.41 bits per heavy atom. The van der Waals surface area contributed by atoms with Crippen molar-refractivity contribution in [2.24, 2.45) is 5.73 Å². The number of phosphoric acid groups is 1. The van der Waals surface area contributed by atoms with Gasteiger partial charge in [-0.1, -0.05) is 12.2 Å². The molecular formula is C15H25N2O8PS. The first-order chi connectivity index (χ1) is 12.8. The Labute approximate surface area is 162 Å². The summed E-state index contributed by atoms with van der Waals surface area (Å²) in [5.41, 5.74) is 5.24. The second-order valence-corrected chi connectivity index (χ2v) is 7.19. The van der Waals surface area contributed by atoms with E-state index < -0.39 is 38.3 Å². The van der Waals surface area contributed by atoms with Crippen LogP contribution in [0.25, 0.3) is 0 Å². The highest BCUT2D eigenvalue weighted by Crippen LogP contribution is 2.49. The van der Waals surface area contributed by atoms with Crippen molar-refractivity contribution in [2.45, 2.75) is 38.4 Å². The summed E-state index contributed by atoms with van der Waals surface area (Å²) in [4.78, 5) is 11.0. The number of carbonyl (C=O) groups excluding carboxylic acids is 1. The molecule has 12 heteroatoms. The number of nitrogens with two attached hydrogens (primary N) is 1. The molecule has 4 unspecified atom stereocenters. The molecule has 0 aromatic carbocycles. The maximum atomic E-state index is 12.2. The van der Waals surface area contributed by atoms with Crippen molar-refractivity contribution in [3.8, 4) is 0 Å². The minimum atomic E-state index is -3.76. The lowest BCUT2D eigenvalue weighted by atomic mass is 10.1. The molecule has 1 aliphatic heterocycles. The van der Waals surface area contributed by atoms with Gasteiger partial charge in [0.2, 0.25) is 5.91 Å². The predicted molar refractivity (Wildman–Crippen MR) is 101 cm³/mol. The number of ether oxygens (including phenoxy) is 1. The number of hydrogen-bond acceptors (Lipinski definition) is 10. The molecule has 0 spiro atoms. The molecule has 4 atom stereocenters. The largest absolute Gasteiger partial charge is 0.474 e. The molecular weight excluding hydrogens is 399 g/mol. The van der Waals surface area contributed by atoms with Crippen LogP contribution < -0.4 is 11.1 Å². The Morgan fingerprint density at radius 1 is 1.26 bits per heavy atom. The van der Waals surface area contributed by atoms with Gasteiger partial charge in [-0.3, -0.25) is 18.4 Å². The highest BCUT2D eigenvalue weighted by Gasteiger charge is 2.43. The zero-order valence-corrected chi connectivity index (χ0v) is 16.7. The second-order valence-electron chi connectivity index (χ2n) is 5.28. The van der Waals surface area contributed by atoms with Crippen LogP contribution in [-0.2, 0) is 27.7 Å². The minimum Gasteiger partial charge on any atom is -0.387 e.